The molecule has 3 rings (SSSR count). The van der Waals surface area contributed by atoms with Gasteiger partial charge in [0.15, 0.2) is 11.9 Å². The lowest BCUT2D eigenvalue weighted by Gasteiger charge is -2.47. The van der Waals surface area contributed by atoms with Crippen LogP contribution in [0.4, 0.5) is 4.79 Å². The quantitative estimate of drug-likeness (QED) is 0.104. The number of methoxy groups -OCH3 is 1. The smallest absolute Gasteiger partial charge is 0.410 e. The predicted octanol–water partition coefficient (Wildman–Crippen LogP) is 3.58. The van der Waals surface area contributed by atoms with Crippen molar-refractivity contribution < 1.29 is 43.5 Å². The average Bonchev–Trinajstić information content (AvgIpc) is 3.31. The lowest BCUT2D eigenvalue weighted by atomic mass is 9.77. The second kappa shape index (κ2) is 17.3. The molecule has 0 spiro atoms. The number of aliphatic hydroxyl groups excluding tert-OH is 2. The summed E-state index contributed by atoms with van der Waals surface area (Å²) in [5, 5.41) is 26.4. The fourth-order valence-electron chi connectivity index (χ4n) is 8.23. The summed E-state index contributed by atoms with van der Waals surface area (Å²) in [6.45, 7) is 16.3. The molecular weight excluding hydrogens is 636 g/mol. The maximum atomic E-state index is 13.9. The third-order valence-corrected chi connectivity index (χ3v) is 11.1. The van der Waals surface area contributed by atoms with Crippen LogP contribution in [0.5, 0.6) is 0 Å². The Balaban J connectivity index is 2.05. The summed E-state index contributed by atoms with van der Waals surface area (Å²) < 4.78 is 31.1. The molecule has 3 aliphatic heterocycles. The number of fused-ring (bicyclic) bond motifs is 1. The Morgan fingerprint density at radius 3 is 2.41 bits per heavy atom. The fourth-order valence-corrected chi connectivity index (χ4v) is 8.23. The van der Waals surface area contributed by atoms with E-state index in [1.165, 1.54) is 0 Å². The third kappa shape index (κ3) is 9.17. The molecule has 0 aromatic carbocycles. The number of hydrogen-bond acceptors (Lipinski definition) is 12. The number of unbranched alkanes of at least 4 members (excludes halogenated alkanes) is 1. The number of ether oxygens (including phenoxy) is 5. The maximum Gasteiger partial charge on any atom is 0.410 e. The van der Waals surface area contributed by atoms with Gasteiger partial charge < -0.3 is 44.5 Å². The molecule has 0 radical (unpaired) electrons. The number of hydrogen-bond donors (Lipinski definition) is 3. The first-order chi connectivity index (χ1) is 22.9. The lowest BCUT2D eigenvalue weighted by Crippen LogP contribution is -2.61. The Morgan fingerprint density at radius 1 is 1.12 bits per heavy atom. The van der Waals surface area contributed by atoms with Crippen LogP contribution in [-0.2, 0) is 28.5 Å². The monoisotopic (exact) mass is 698 g/mol. The van der Waals surface area contributed by atoms with Gasteiger partial charge >= 0.3 is 12.1 Å². The van der Waals surface area contributed by atoms with Crippen LogP contribution in [0.1, 0.15) is 87.5 Å². The van der Waals surface area contributed by atoms with Gasteiger partial charge in [-0.2, -0.15) is 0 Å². The molecule has 49 heavy (non-hydrogen) atoms. The molecule has 4 N–H and O–H groups in total. The van der Waals surface area contributed by atoms with Gasteiger partial charge in [0, 0.05) is 49.7 Å². The molecule has 1 amide bonds. The molecule has 0 aromatic rings. The highest BCUT2D eigenvalue weighted by atomic mass is 16.7. The number of amides is 1. The van der Waals surface area contributed by atoms with Crippen molar-refractivity contribution in [2.75, 3.05) is 33.8 Å². The minimum Gasteiger partial charge on any atom is -0.458 e. The van der Waals surface area contributed by atoms with Crippen LogP contribution in [0.25, 0.3) is 10.4 Å². The van der Waals surface area contributed by atoms with E-state index in [0.717, 1.165) is 0 Å². The van der Waals surface area contributed by atoms with E-state index in [0.29, 0.717) is 51.7 Å². The van der Waals surface area contributed by atoms with Crippen molar-refractivity contribution in [3.63, 3.8) is 0 Å². The number of nitrogens with zero attached hydrogens (tertiary/aromatic N) is 5. The summed E-state index contributed by atoms with van der Waals surface area (Å²) in [6, 6.07) is -1.27. The first kappa shape index (κ1) is 41.2. The average molecular weight is 699 g/mol. The van der Waals surface area contributed by atoms with Crippen molar-refractivity contribution in [3.05, 3.63) is 10.4 Å². The number of cyclic esters (lactones) is 1. The third-order valence-electron chi connectivity index (χ3n) is 11.1. The molecule has 0 aromatic heterocycles. The van der Waals surface area contributed by atoms with Crippen LogP contribution >= 0.6 is 0 Å². The van der Waals surface area contributed by atoms with Crippen LogP contribution in [0, 0.1) is 17.8 Å². The Bertz CT molecular complexity index is 1160. The highest BCUT2D eigenvalue weighted by Gasteiger charge is 2.59. The molecule has 3 saturated heterocycles. The summed E-state index contributed by atoms with van der Waals surface area (Å²) in [4.78, 5) is 34.1. The topological polar surface area (TPSA) is 202 Å². The molecule has 282 valence electrons. The molecular formula is C34H62N6O9. The van der Waals surface area contributed by atoms with Crippen molar-refractivity contribution in [1.29, 1.82) is 0 Å². The Hall–Kier alpha value is -2.23. The van der Waals surface area contributed by atoms with E-state index in [1.54, 1.807) is 25.9 Å². The molecule has 3 heterocycles. The highest BCUT2D eigenvalue weighted by Crippen LogP contribution is 2.41. The van der Waals surface area contributed by atoms with Crippen LogP contribution in [0.3, 0.4) is 0 Å². The lowest BCUT2D eigenvalue weighted by molar-refractivity contribution is -0.295. The Morgan fingerprint density at radius 2 is 1.80 bits per heavy atom. The second-order valence-electron chi connectivity index (χ2n) is 15.1. The molecule has 3 fully saturated rings. The van der Waals surface area contributed by atoms with E-state index in [2.05, 4.69) is 21.8 Å². The number of rotatable bonds is 9. The molecule has 0 bridgehead atoms. The molecule has 15 heteroatoms. The Labute approximate surface area is 291 Å². The summed E-state index contributed by atoms with van der Waals surface area (Å²) in [6.07, 6.45) is -3.25. The number of esters is 1. The molecule has 15 nitrogen and oxygen atoms in total. The van der Waals surface area contributed by atoms with E-state index in [9.17, 15) is 19.8 Å². The predicted molar refractivity (Wildman–Crippen MR) is 182 cm³/mol. The van der Waals surface area contributed by atoms with E-state index in [4.69, 9.17) is 34.9 Å². The minimum atomic E-state index is -1.24. The van der Waals surface area contributed by atoms with Gasteiger partial charge in [0.25, 0.3) is 0 Å². The van der Waals surface area contributed by atoms with Crippen molar-refractivity contribution in [2.45, 2.75) is 154 Å². The zero-order chi connectivity index (χ0) is 36.8. The first-order valence-corrected chi connectivity index (χ1v) is 17.8. The Kier molecular flexibility index (Phi) is 14.6. The van der Waals surface area contributed by atoms with Gasteiger partial charge in [0.05, 0.1) is 35.9 Å². The van der Waals surface area contributed by atoms with Gasteiger partial charge in [0.2, 0.25) is 0 Å². The normalized spacial score (nSPS) is 43.1. The summed E-state index contributed by atoms with van der Waals surface area (Å²) >= 11 is 0. The summed E-state index contributed by atoms with van der Waals surface area (Å²) in [5.41, 5.74) is 12.7. The van der Waals surface area contributed by atoms with Crippen molar-refractivity contribution in [2.24, 2.45) is 28.6 Å². The van der Waals surface area contributed by atoms with Crippen molar-refractivity contribution in [1.82, 2.24) is 9.80 Å². The number of carbonyl (C=O) groups excluding carboxylic acids is 2. The SMILES string of the molecule is CC[C@H]1OC(=O)[C@H](C)C(O)[C@H](C)[C@@H](O[C@@H]2OC(C)CC(N)C2O)[C@](C)(OC)C[C@@H](C)CN(C)[C@H](C)[C@H]2N(CCCCN=[N+]=[N-])C(=O)O[C@]12C. The van der Waals surface area contributed by atoms with E-state index in [1.807, 2.05) is 41.7 Å². The van der Waals surface area contributed by atoms with Gasteiger partial charge in [-0.15, -0.1) is 0 Å². The number of nitrogens with two attached hydrogens (primary N) is 1. The molecule has 4 unspecified atom stereocenters. The number of azide groups is 1. The van der Waals surface area contributed by atoms with Gasteiger partial charge in [-0.1, -0.05) is 25.9 Å². The van der Waals surface area contributed by atoms with E-state index < -0.39 is 77.9 Å². The van der Waals surface area contributed by atoms with Gasteiger partial charge in [-0.25, -0.2) is 4.79 Å². The first-order valence-electron chi connectivity index (χ1n) is 17.8. The van der Waals surface area contributed by atoms with Gasteiger partial charge in [0.1, 0.15) is 12.2 Å². The molecule has 14 atom stereocenters. The van der Waals surface area contributed by atoms with Crippen molar-refractivity contribution >= 4 is 12.1 Å². The van der Waals surface area contributed by atoms with Crippen LogP contribution in [-0.4, -0.2) is 132 Å². The van der Waals surface area contributed by atoms with Crippen LogP contribution in [0.2, 0.25) is 0 Å². The highest BCUT2D eigenvalue weighted by molar-refractivity contribution is 5.74. The van der Waals surface area contributed by atoms with Crippen molar-refractivity contribution in [3.8, 4) is 0 Å². The van der Waals surface area contributed by atoms with Gasteiger partial charge in [-0.3, -0.25) is 9.69 Å². The fraction of sp³-hybridized carbons (Fsp3) is 0.941. The maximum absolute atomic E-state index is 13.9. The molecule has 3 aliphatic rings. The van der Waals surface area contributed by atoms with E-state index in [-0.39, 0.29) is 18.1 Å². The zero-order valence-corrected chi connectivity index (χ0v) is 31.2. The molecule has 0 aliphatic carbocycles. The number of aliphatic hydroxyl groups is 2. The number of carbonyl (C=O) groups is 2. The van der Waals surface area contributed by atoms with E-state index >= 15 is 0 Å². The van der Waals surface area contributed by atoms with Crippen LogP contribution < -0.4 is 5.73 Å². The minimum absolute atomic E-state index is 0.0233. The number of likely N-dealkylation sites (N-methyl/N-ethyl adjacent to an activating group) is 1. The largest absolute Gasteiger partial charge is 0.458 e. The summed E-state index contributed by atoms with van der Waals surface area (Å²) in [5.74, 6) is -2.29. The van der Waals surface area contributed by atoms with Crippen LogP contribution in [0.15, 0.2) is 5.11 Å². The van der Waals surface area contributed by atoms with Gasteiger partial charge in [-0.05, 0) is 85.2 Å². The second-order valence-corrected chi connectivity index (χ2v) is 15.1. The molecule has 0 saturated carbocycles. The standard InChI is InChI=1S/C34H62N6O9/c1-11-25-34(8)28(40(32(44)49-34)15-13-12-14-37-38-36)23(6)39(9)18-19(2)17-33(7,45-10)29(21(4)26(41)22(5)30(43)47-25)48-31-27(42)24(35)16-20(3)46-31/h19-29,31,41-42H,11-18,35H2,1-10H3/t19-,20?,21+,22-,23-,24?,25-,26?,27?,28-,29-,31+,33-,34-/m1/s1. The zero-order valence-electron chi connectivity index (χ0n) is 31.2. The summed E-state index contributed by atoms with van der Waals surface area (Å²) in [7, 11) is 3.59.